The number of hydrogen-bond acceptors (Lipinski definition) is 4. The summed E-state index contributed by atoms with van der Waals surface area (Å²) >= 11 is 1.69. The van der Waals surface area contributed by atoms with E-state index in [1.807, 2.05) is 19.5 Å². The molecule has 0 saturated carbocycles. The van der Waals surface area contributed by atoms with Crippen LogP contribution >= 0.6 is 35.3 Å². The van der Waals surface area contributed by atoms with Crippen molar-refractivity contribution < 1.29 is 0 Å². The second-order valence-electron chi connectivity index (χ2n) is 5.55. The minimum atomic E-state index is 0. The van der Waals surface area contributed by atoms with Crippen LogP contribution in [0.5, 0.6) is 0 Å². The van der Waals surface area contributed by atoms with Gasteiger partial charge in [0, 0.05) is 31.1 Å². The van der Waals surface area contributed by atoms with Crippen molar-refractivity contribution in [3.8, 4) is 0 Å². The Morgan fingerprint density at radius 2 is 2.18 bits per heavy atom. The maximum absolute atomic E-state index is 4.33. The predicted molar refractivity (Wildman–Crippen MR) is 105 cm³/mol. The highest BCUT2D eigenvalue weighted by molar-refractivity contribution is 14.0. The van der Waals surface area contributed by atoms with E-state index in [1.54, 1.807) is 11.3 Å². The van der Waals surface area contributed by atoms with Gasteiger partial charge in [0.25, 0.3) is 0 Å². The van der Waals surface area contributed by atoms with E-state index in [0.717, 1.165) is 18.2 Å². The Morgan fingerprint density at radius 1 is 1.45 bits per heavy atom. The van der Waals surface area contributed by atoms with Crippen LogP contribution in [0, 0.1) is 6.92 Å². The molecule has 0 aliphatic carbocycles. The molecule has 0 unspecified atom stereocenters. The van der Waals surface area contributed by atoms with Crippen molar-refractivity contribution in [2.45, 2.75) is 45.7 Å². The van der Waals surface area contributed by atoms with Gasteiger partial charge in [-0.15, -0.1) is 35.3 Å². The number of likely N-dealkylation sites (tertiary alicyclic amines) is 1. The minimum absolute atomic E-state index is 0. The lowest BCUT2D eigenvalue weighted by molar-refractivity contribution is 0.206. The normalized spacial score (nSPS) is 17.1. The number of nitrogens with one attached hydrogen (secondary N) is 2. The molecule has 1 aliphatic heterocycles. The molecule has 1 fully saturated rings. The van der Waals surface area contributed by atoms with Crippen molar-refractivity contribution in [1.29, 1.82) is 0 Å². The first-order valence-corrected chi connectivity index (χ1v) is 8.69. The first-order chi connectivity index (χ1) is 10.2. The van der Waals surface area contributed by atoms with E-state index in [-0.39, 0.29) is 24.0 Å². The molecule has 1 aromatic rings. The fraction of sp³-hybridized carbons (Fsp3) is 0.733. The van der Waals surface area contributed by atoms with E-state index in [0.29, 0.717) is 6.04 Å². The lowest BCUT2D eigenvalue weighted by Crippen LogP contribution is -2.48. The Kier molecular flexibility index (Phi) is 9.27. The summed E-state index contributed by atoms with van der Waals surface area (Å²) in [7, 11) is 1.83. The van der Waals surface area contributed by atoms with Crippen molar-refractivity contribution >= 4 is 41.3 Å². The fourth-order valence-electron chi connectivity index (χ4n) is 2.67. The molecule has 1 aromatic heterocycles. The van der Waals surface area contributed by atoms with Crippen LogP contribution in [-0.2, 0) is 6.54 Å². The molecule has 1 aliphatic rings. The monoisotopic (exact) mass is 437 g/mol. The molecule has 0 atom stereocenters. The number of aliphatic imine (C=N–C) groups is 1. The number of piperidine rings is 1. The summed E-state index contributed by atoms with van der Waals surface area (Å²) in [5, 5.41) is 6.94. The maximum atomic E-state index is 4.33. The number of nitrogens with zero attached hydrogens (tertiary/aromatic N) is 3. The zero-order valence-corrected chi connectivity index (χ0v) is 16.9. The third-order valence-corrected chi connectivity index (χ3v) is 4.89. The van der Waals surface area contributed by atoms with Gasteiger partial charge in [-0.3, -0.25) is 4.99 Å². The largest absolute Gasteiger partial charge is 0.354 e. The van der Waals surface area contributed by atoms with Crippen LogP contribution in [0.15, 0.2) is 10.5 Å². The SMILES string of the molecule is CCCN1CCC(NC(=NC)NCc2scnc2C)CC1.I. The molecular formula is C15H28IN5S. The molecule has 126 valence electrons. The van der Waals surface area contributed by atoms with Crippen LogP contribution in [0.1, 0.15) is 36.8 Å². The minimum Gasteiger partial charge on any atom is -0.354 e. The number of halogens is 1. The van der Waals surface area contributed by atoms with Crippen molar-refractivity contribution in [2.75, 3.05) is 26.7 Å². The van der Waals surface area contributed by atoms with E-state index in [2.05, 4.69) is 32.4 Å². The molecule has 22 heavy (non-hydrogen) atoms. The van der Waals surface area contributed by atoms with Crippen LogP contribution in [-0.4, -0.2) is 48.6 Å². The molecular weight excluding hydrogens is 409 g/mol. The number of thiazole rings is 1. The third kappa shape index (κ3) is 6.00. The van der Waals surface area contributed by atoms with Crippen LogP contribution in [0.25, 0.3) is 0 Å². The Labute approximate surface area is 155 Å². The number of rotatable bonds is 5. The smallest absolute Gasteiger partial charge is 0.191 e. The zero-order valence-electron chi connectivity index (χ0n) is 13.8. The molecule has 0 amide bonds. The molecule has 0 spiro atoms. The van der Waals surface area contributed by atoms with E-state index in [9.17, 15) is 0 Å². The van der Waals surface area contributed by atoms with Crippen molar-refractivity contribution in [3.05, 3.63) is 16.1 Å². The Morgan fingerprint density at radius 3 is 2.73 bits per heavy atom. The Hall–Kier alpha value is -0.410. The fourth-order valence-corrected chi connectivity index (χ4v) is 3.38. The van der Waals surface area contributed by atoms with E-state index in [1.165, 1.54) is 43.8 Å². The standard InChI is InChI=1S/C15H27N5S.HI/c1-4-7-20-8-5-13(6-9-20)19-15(16-3)17-10-14-12(2)18-11-21-14;/h11,13H,4-10H2,1-3H3,(H2,16,17,19);1H. The number of hydrogen-bond donors (Lipinski definition) is 2. The molecule has 0 aromatic carbocycles. The second kappa shape index (κ2) is 10.4. The van der Waals surface area contributed by atoms with Gasteiger partial charge in [-0.2, -0.15) is 0 Å². The van der Waals surface area contributed by atoms with Gasteiger partial charge < -0.3 is 15.5 Å². The highest BCUT2D eigenvalue weighted by atomic mass is 127. The molecule has 0 radical (unpaired) electrons. The summed E-state index contributed by atoms with van der Waals surface area (Å²) in [4.78, 5) is 12.4. The number of aromatic nitrogens is 1. The van der Waals surface area contributed by atoms with E-state index in [4.69, 9.17) is 0 Å². The summed E-state index contributed by atoms with van der Waals surface area (Å²) in [5.41, 5.74) is 3.00. The van der Waals surface area contributed by atoms with Gasteiger partial charge in [0.15, 0.2) is 5.96 Å². The van der Waals surface area contributed by atoms with Gasteiger partial charge in [0.1, 0.15) is 0 Å². The lowest BCUT2D eigenvalue weighted by Gasteiger charge is -2.32. The van der Waals surface area contributed by atoms with Crippen molar-refractivity contribution in [2.24, 2.45) is 4.99 Å². The van der Waals surface area contributed by atoms with Gasteiger partial charge in [-0.1, -0.05) is 6.92 Å². The highest BCUT2D eigenvalue weighted by Crippen LogP contribution is 2.12. The average Bonchev–Trinajstić information content (AvgIpc) is 2.91. The molecule has 5 nitrogen and oxygen atoms in total. The van der Waals surface area contributed by atoms with Gasteiger partial charge in [-0.25, -0.2) is 4.98 Å². The molecule has 2 heterocycles. The first kappa shape index (κ1) is 19.6. The first-order valence-electron chi connectivity index (χ1n) is 7.81. The van der Waals surface area contributed by atoms with E-state index >= 15 is 0 Å². The lowest BCUT2D eigenvalue weighted by atomic mass is 10.1. The van der Waals surface area contributed by atoms with Gasteiger partial charge in [-0.05, 0) is 32.7 Å². The Bertz CT molecular complexity index is 455. The van der Waals surface area contributed by atoms with Crippen molar-refractivity contribution in [3.63, 3.8) is 0 Å². The van der Waals surface area contributed by atoms with Crippen LogP contribution in [0.2, 0.25) is 0 Å². The summed E-state index contributed by atoms with van der Waals surface area (Å²) in [6.45, 7) is 8.70. The van der Waals surface area contributed by atoms with Crippen LogP contribution in [0.3, 0.4) is 0 Å². The predicted octanol–water partition coefficient (Wildman–Crippen LogP) is 2.61. The molecule has 7 heteroatoms. The van der Waals surface area contributed by atoms with Crippen LogP contribution < -0.4 is 10.6 Å². The molecule has 1 saturated heterocycles. The topological polar surface area (TPSA) is 52.5 Å². The quantitative estimate of drug-likeness (QED) is 0.423. The summed E-state index contributed by atoms with van der Waals surface area (Å²) in [6, 6.07) is 0.534. The summed E-state index contributed by atoms with van der Waals surface area (Å²) < 4.78 is 0. The highest BCUT2D eigenvalue weighted by Gasteiger charge is 2.19. The molecule has 2 rings (SSSR count). The Balaban J connectivity index is 0.00000242. The van der Waals surface area contributed by atoms with Gasteiger partial charge in [0.05, 0.1) is 17.7 Å². The number of aryl methyl sites for hydroxylation is 1. The third-order valence-electron chi connectivity index (χ3n) is 3.95. The zero-order chi connectivity index (χ0) is 15.1. The van der Waals surface area contributed by atoms with Crippen molar-refractivity contribution in [1.82, 2.24) is 20.5 Å². The van der Waals surface area contributed by atoms with Gasteiger partial charge >= 0.3 is 0 Å². The van der Waals surface area contributed by atoms with Crippen LogP contribution in [0.4, 0.5) is 0 Å². The number of guanidine groups is 1. The van der Waals surface area contributed by atoms with Gasteiger partial charge in [0.2, 0.25) is 0 Å². The maximum Gasteiger partial charge on any atom is 0.191 e. The molecule has 2 N–H and O–H groups in total. The van der Waals surface area contributed by atoms with E-state index < -0.39 is 0 Å². The summed E-state index contributed by atoms with van der Waals surface area (Å²) in [6.07, 6.45) is 3.64. The molecule has 0 bridgehead atoms. The average molecular weight is 437 g/mol. The summed E-state index contributed by atoms with van der Waals surface area (Å²) in [5.74, 6) is 0.900. The second-order valence-corrected chi connectivity index (χ2v) is 6.49.